The summed E-state index contributed by atoms with van der Waals surface area (Å²) in [5, 5.41) is 3.33. The van der Waals surface area contributed by atoms with Crippen LogP contribution < -0.4 is 10.1 Å². The van der Waals surface area contributed by atoms with E-state index < -0.39 is 0 Å². The molecule has 0 aliphatic carbocycles. The Hall–Kier alpha value is -0.780. The first-order chi connectivity index (χ1) is 9.56. The van der Waals surface area contributed by atoms with Crippen molar-refractivity contribution in [2.75, 3.05) is 26.2 Å². The first-order valence-corrected chi connectivity index (χ1v) is 7.75. The van der Waals surface area contributed by atoms with E-state index in [1.165, 1.54) is 5.56 Å². The van der Waals surface area contributed by atoms with Gasteiger partial charge in [0.25, 0.3) is 0 Å². The molecule has 1 N–H and O–H groups in total. The number of rotatable bonds is 4. The maximum atomic E-state index is 12.1. The van der Waals surface area contributed by atoms with Crippen LogP contribution in [0.1, 0.15) is 18.9 Å². The number of carbonyl (C=O) groups is 1. The van der Waals surface area contributed by atoms with Crippen molar-refractivity contribution in [3.8, 4) is 5.75 Å². The van der Waals surface area contributed by atoms with Crippen molar-refractivity contribution in [2.24, 2.45) is 0 Å². The second-order valence-corrected chi connectivity index (χ2v) is 6.08. The summed E-state index contributed by atoms with van der Waals surface area (Å²) in [4.78, 5) is 14.0. The van der Waals surface area contributed by atoms with Crippen LogP contribution >= 0.6 is 28.3 Å². The minimum atomic E-state index is 0. The number of aryl methyl sites for hydroxylation is 1. The van der Waals surface area contributed by atoms with Crippen LogP contribution in [0.2, 0.25) is 0 Å². The van der Waals surface area contributed by atoms with Gasteiger partial charge < -0.3 is 15.0 Å². The van der Waals surface area contributed by atoms with Gasteiger partial charge in [-0.15, -0.1) is 12.4 Å². The SMILES string of the molecule is Cc1ccc(OCCC(=O)N2CCNC(C)C2)c(Br)c1.Cl. The van der Waals surface area contributed by atoms with Crippen LogP contribution in [0.3, 0.4) is 0 Å². The molecule has 1 unspecified atom stereocenters. The van der Waals surface area contributed by atoms with E-state index in [-0.39, 0.29) is 18.3 Å². The monoisotopic (exact) mass is 376 g/mol. The molecule has 0 radical (unpaired) electrons. The molecule has 6 heteroatoms. The van der Waals surface area contributed by atoms with E-state index in [9.17, 15) is 4.79 Å². The molecule has 1 amide bonds. The second-order valence-electron chi connectivity index (χ2n) is 5.23. The number of piperazine rings is 1. The molecule has 1 saturated heterocycles. The normalized spacial score (nSPS) is 18.0. The van der Waals surface area contributed by atoms with Gasteiger partial charge in [0, 0.05) is 25.7 Å². The van der Waals surface area contributed by atoms with Crippen LogP contribution in [0.25, 0.3) is 0 Å². The predicted octanol–water partition coefficient (Wildman–Crippen LogP) is 2.77. The number of halogens is 2. The molecule has 1 heterocycles. The number of hydrogen-bond donors (Lipinski definition) is 1. The smallest absolute Gasteiger partial charge is 0.226 e. The van der Waals surface area contributed by atoms with Crippen LogP contribution in [0.4, 0.5) is 0 Å². The first-order valence-electron chi connectivity index (χ1n) is 6.96. The zero-order valence-electron chi connectivity index (χ0n) is 12.4. The molecule has 4 nitrogen and oxygen atoms in total. The first kappa shape index (κ1) is 18.3. The highest BCUT2D eigenvalue weighted by molar-refractivity contribution is 9.10. The van der Waals surface area contributed by atoms with E-state index in [4.69, 9.17) is 4.74 Å². The molecule has 21 heavy (non-hydrogen) atoms. The molecule has 1 atom stereocenters. The number of benzene rings is 1. The number of amides is 1. The van der Waals surface area contributed by atoms with Gasteiger partial charge in [-0.05, 0) is 47.5 Å². The maximum Gasteiger partial charge on any atom is 0.226 e. The Labute approximate surface area is 140 Å². The number of nitrogens with one attached hydrogen (secondary N) is 1. The van der Waals surface area contributed by atoms with Crippen molar-refractivity contribution in [2.45, 2.75) is 26.3 Å². The zero-order chi connectivity index (χ0) is 14.5. The Kier molecular flexibility index (Phi) is 7.49. The van der Waals surface area contributed by atoms with Gasteiger partial charge in [-0.25, -0.2) is 0 Å². The summed E-state index contributed by atoms with van der Waals surface area (Å²) in [6.07, 6.45) is 0.424. The second kappa shape index (κ2) is 8.61. The third kappa shape index (κ3) is 5.49. The molecule has 1 aliphatic heterocycles. The molecular formula is C15H22BrClN2O2. The van der Waals surface area contributed by atoms with Crippen molar-refractivity contribution in [1.82, 2.24) is 10.2 Å². The summed E-state index contributed by atoms with van der Waals surface area (Å²) in [7, 11) is 0. The molecule has 0 aromatic heterocycles. The molecule has 0 spiro atoms. The summed E-state index contributed by atoms with van der Waals surface area (Å²) in [5.74, 6) is 0.957. The lowest BCUT2D eigenvalue weighted by atomic mass is 10.2. The third-order valence-corrected chi connectivity index (χ3v) is 4.00. The molecule has 1 aliphatic rings. The predicted molar refractivity (Wildman–Crippen MR) is 90.3 cm³/mol. The fraction of sp³-hybridized carbons (Fsp3) is 0.533. The van der Waals surface area contributed by atoms with E-state index >= 15 is 0 Å². The lowest BCUT2D eigenvalue weighted by Gasteiger charge is -2.31. The van der Waals surface area contributed by atoms with Crippen LogP contribution in [0.15, 0.2) is 22.7 Å². The summed E-state index contributed by atoms with van der Waals surface area (Å²) in [5.41, 5.74) is 1.18. The Bertz CT molecular complexity index is 485. The third-order valence-electron chi connectivity index (χ3n) is 3.38. The molecular weight excluding hydrogens is 356 g/mol. The quantitative estimate of drug-likeness (QED) is 0.877. The van der Waals surface area contributed by atoms with E-state index in [1.54, 1.807) is 0 Å². The number of nitrogens with zero attached hydrogens (tertiary/aromatic N) is 1. The van der Waals surface area contributed by atoms with E-state index in [1.807, 2.05) is 30.0 Å². The summed E-state index contributed by atoms with van der Waals surface area (Å²) in [6, 6.07) is 6.31. The maximum absolute atomic E-state index is 12.1. The van der Waals surface area contributed by atoms with Gasteiger partial charge in [-0.2, -0.15) is 0 Å². The molecule has 0 saturated carbocycles. The van der Waals surface area contributed by atoms with E-state index in [0.717, 1.165) is 29.9 Å². The molecule has 0 bridgehead atoms. The van der Waals surface area contributed by atoms with Gasteiger partial charge >= 0.3 is 0 Å². The average molecular weight is 378 g/mol. The van der Waals surface area contributed by atoms with Crippen molar-refractivity contribution >= 4 is 34.2 Å². The lowest BCUT2D eigenvalue weighted by molar-refractivity contribution is -0.132. The van der Waals surface area contributed by atoms with Crippen molar-refractivity contribution in [3.63, 3.8) is 0 Å². The van der Waals surface area contributed by atoms with Gasteiger partial charge in [0.15, 0.2) is 0 Å². The van der Waals surface area contributed by atoms with Gasteiger partial charge in [0.1, 0.15) is 5.75 Å². The largest absolute Gasteiger partial charge is 0.492 e. The van der Waals surface area contributed by atoms with Crippen LogP contribution in [0, 0.1) is 6.92 Å². The highest BCUT2D eigenvalue weighted by Gasteiger charge is 2.20. The van der Waals surface area contributed by atoms with E-state index in [2.05, 4.69) is 28.2 Å². The summed E-state index contributed by atoms with van der Waals surface area (Å²) >= 11 is 3.47. The Morgan fingerprint density at radius 1 is 1.52 bits per heavy atom. The number of carbonyl (C=O) groups excluding carboxylic acids is 1. The number of ether oxygens (including phenoxy) is 1. The highest BCUT2D eigenvalue weighted by atomic mass is 79.9. The van der Waals surface area contributed by atoms with Crippen molar-refractivity contribution in [1.29, 1.82) is 0 Å². The van der Waals surface area contributed by atoms with Gasteiger partial charge in [0.05, 0.1) is 17.5 Å². The van der Waals surface area contributed by atoms with Crippen molar-refractivity contribution in [3.05, 3.63) is 28.2 Å². The highest BCUT2D eigenvalue weighted by Crippen LogP contribution is 2.25. The fourth-order valence-electron chi connectivity index (χ4n) is 2.29. The minimum absolute atomic E-state index is 0. The topological polar surface area (TPSA) is 41.6 Å². The Balaban J connectivity index is 0.00000220. The lowest BCUT2D eigenvalue weighted by Crippen LogP contribution is -2.51. The average Bonchev–Trinajstić information content (AvgIpc) is 2.41. The molecule has 118 valence electrons. The molecule has 1 aromatic rings. The Morgan fingerprint density at radius 2 is 2.29 bits per heavy atom. The summed E-state index contributed by atoms with van der Waals surface area (Å²) in [6.45, 7) is 6.99. The standard InChI is InChI=1S/C15H21BrN2O2.ClH/c1-11-3-4-14(13(16)9-11)20-8-5-15(19)18-7-6-17-12(2)10-18;/h3-4,9,12,17H,5-8,10H2,1-2H3;1H. The number of hydrogen-bond acceptors (Lipinski definition) is 3. The van der Waals surface area contributed by atoms with Gasteiger partial charge in [-0.3, -0.25) is 4.79 Å². The molecule has 1 aromatic carbocycles. The zero-order valence-corrected chi connectivity index (χ0v) is 14.8. The Morgan fingerprint density at radius 3 is 2.95 bits per heavy atom. The fourth-order valence-corrected chi connectivity index (χ4v) is 2.90. The van der Waals surface area contributed by atoms with Crippen LogP contribution in [-0.4, -0.2) is 43.1 Å². The van der Waals surface area contributed by atoms with Crippen molar-refractivity contribution < 1.29 is 9.53 Å². The van der Waals surface area contributed by atoms with E-state index in [0.29, 0.717) is 19.1 Å². The van der Waals surface area contributed by atoms with Crippen LogP contribution in [-0.2, 0) is 4.79 Å². The van der Waals surface area contributed by atoms with Gasteiger partial charge in [0.2, 0.25) is 5.91 Å². The van der Waals surface area contributed by atoms with Gasteiger partial charge in [-0.1, -0.05) is 6.07 Å². The molecule has 2 rings (SSSR count). The molecule has 1 fully saturated rings. The van der Waals surface area contributed by atoms with Crippen LogP contribution in [0.5, 0.6) is 5.75 Å². The minimum Gasteiger partial charge on any atom is -0.492 e. The summed E-state index contributed by atoms with van der Waals surface area (Å²) < 4.78 is 6.60.